The predicted molar refractivity (Wildman–Crippen MR) is 213 cm³/mol. The number of nitrogens with zero attached hydrogens (tertiary/aromatic N) is 1. The molecule has 9 rings (SSSR count). The smallest absolute Gasteiger partial charge is 0.0474 e. The van der Waals surface area contributed by atoms with Crippen molar-refractivity contribution < 1.29 is 0 Å². The van der Waals surface area contributed by atoms with Crippen LogP contribution in [0.25, 0.3) is 55.3 Å². The van der Waals surface area contributed by atoms with Crippen molar-refractivity contribution in [3.63, 3.8) is 0 Å². The van der Waals surface area contributed by atoms with E-state index in [0.717, 1.165) is 17.1 Å². The molecular formula is C49H37N. The van der Waals surface area contributed by atoms with Gasteiger partial charge in [0.2, 0.25) is 0 Å². The summed E-state index contributed by atoms with van der Waals surface area (Å²) in [6.45, 7) is 4.72. The number of rotatable bonds is 6. The van der Waals surface area contributed by atoms with Crippen molar-refractivity contribution >= 4 is 27.8 Å². The average Bonchev–Trinajstić information content (AvgIpc) is 3.41. The van der Waals surface area contributed by atoms with Gasteiger partial charge in [-0.3, -0.25) is 0 Å². The van der Waals surface area contributed by atoms with Crippen LogP contribution in [-0.4, -0.2) is 0 Å². The standard InChI is InChI=1S/C49H37N/c1-49(2)47-25-15-14-24-43(47)44-29-27-39(33-48(44)49)50(40-30-37-22-12-13-23-41(37)46(32-40)36-20-10-5-11-21-36)38-26-28-42(34-16-6-3-7-17-34)45(31-38)35-18-8-4-9-19-35/h3-33H,1-2H3. The summed E-state index contributed by atoms with van der Waals surface area (Å²) in [6, 6.07) is 68.7. The fourth-order valence-corrected chi connectivity index (χ4v) is 7.96. The van der Waals surface area contributed by atoms with E-state index in [4.69, 9.17) is 0 Å². The molecule has 8 aromatic carbocycles. The van der Waals surface area contributed by atoms with Crippen LogP contribution in [-0.2, 0) is 5.41 Å². The van der Waals surface area contributed by atoms with Crippen LogP contribution in [0.15, 0.2) is 188 Å². The molecule has 0 bridgehead atoms. The summed E-state index contributed by atoms with van der Waals surface area (Å²) in [5.41, 5.74) is 15.9. The Bertz CT molecular complexity index is 2490. The summed E-state index contributed by atoms with van der Waals surface area (Å²) in [6.07, 6.45) is 0. The predicted octanol–water partition coefficient (Wildman–Crippen LogP) is 13.6. The summed E-state index contributed by atoms with van der Waals surface area (Å²) in [5.74, 6) is 0. The highest BCUT2D eigenvalue weighted by Crippen LogP contribution is 2.51. The first kappa shape index (κ1) is 29.9. The molecule has 8 aromatic rings. The minimum Gasteiger partial charge on any atom is -0.310 e. The zero-order chi connectivity index (χ0) is 33.7. The Hall–Kier alpha value is -6.18. The molecule has 0 amide bonds. The molecule has 0 unspecified atom stereocenters. The third-order valence-corrected chi connectivity index (χ3v) is 10.4. The van der Waals surface area contributed by atoms with Crippen molar-refractivity contribution in [3.05, 3.63) is 199 Å². The van der Waals surface area contributed by atoms with Gasteiger partial charge in [0.15, 0.2) is 0 Å². The minimum absolute atomic E-state index is 0.113. The summed E-state index contributed by atoms with van der Waals surface area (Å²) < 4.78 is 0. The van der Waals surface area contributed by atoms with Crippen LogP contribution in [0.5, 0.6) is 0 Å². The maximum absolute atomic E-state index is 2.46. The van der Waals surface area contributed by atoms with E-state index in [0.29, 0.717) is 0 Å². The Morgan fingerprint density at radius 3 is 1.54 bits per heavy atom. The highest BCUT2D eigenvalue weighted by molar-refractivity contribution is 6.01. The van der Waals surface area contributed by atoms with Crippen molar-refractivity contribution in [2.45, 2.75) is 19.3 Å². The lowest BCUT2D eigenvalue weighted by molar-refractivity contribution is 0.660. The molecule has 238 valence electrons. The number of benzene rings is 8. The van der Waals surface area contributed by atoms with Gasteiger partial charge < -0.3 is 4.90 Å². The van der Waals surface area contributed by atoms with Crippen LogP contribution in [0.2, 0.25) is 0 Å². The van der Waals surface area contributed by atoms with Crippen molar-refractivity contribution in [1.82, 2.24) is 0 Å². The lowest BCUT2D eigenvalue weighted by Crippen LogP contribution is -2.16. The number of fused-ring (bicyclic) bond motifs is 4. The zero-order valence-corrected chi connectivity index (χ0v) is 28.3. The Morgan fingerprint density at radius 2 is 0.840 bits per heavy atom. The van der Waals surface area contributed by atoms with E-state index in [9.17, 15) is 0 Å². The number of anilines is 3. The normalized spacial score (nSPS) is 12.8. The first-order valence-corrected chi connectivity index (χ1v) is 17.4. The molecule has 1 nitrogen and oxygen atoms in total. The SMILES string of the molecule is CC1(C)c2ccccc2-c2ccc(N(c3ccc(-c4ccccc4)c(-c4ccccc4)c3)c3cc(-c4ccccc4)c4ccccc4c3)cc21. The van der Waals surface area contributed by atoms with Crippen LogP contribution in [0.3, 0.4) is 0 Å². The molecule has 0 atom stereocenters. The largest absolute Gasteiger partial charge is 0.310 e. The van der Waals surface area contributed by atoms with Crippen molar-refractivity contribution in [2.75, 3.05) is 4.90 Å². The minimum atomic E-state index is -0.113. The van der Waals surface area contributed by atoms with Gasteiger partial charge in [0.1, 0.15) is 0 Å². The van der Waals surface area contributed by atoms with E-state index in [1.165, 1.54) is 66.4 Å². The third-order valence-electron chi connectivity index (χ3n) is 10.4. The Balaban J connectivity index is 1.31. The second kappa shape index (κ2) is 12.1. The van der Waals surface area contributed by atoms with Crippen LogP contribution >= 0.6 is 0 Å². The van der Waals surface area contributed by atoms with E-state index in [1.807, 2.05) is 0 Å². The molecule has 0 saturated carbocycles. The maximum Gasteiger partial charge on any atom is 0.0474 e. The van der Waals surface area contributed by atoms with Crippen LogP contribution in [0, 0.1) is 0 Å². The first-order valence-electron chi connectivity index (χ1n) is 17.4. The van der Waals surface area contributed by atoms with E-state index < -0.39 is 0 Å². The number of hydrogen-bond acceptors (Lipinski definition) is 1. The van der Waals surface area contributed by atoms with Gasteiger partial charge in [-0.05, 0) is 103 Å². The second-order valence-corrected chi connectivity index (χ2v) is 13.8. The Labute approximate surface area is 294 Å². The Morgan fingerprint density at radius 1 is 0.340 bits per heavy atom. The molecule has 0 aliphatic heterocycles. The fourth-order valence-electron chi connectivity index (χ4n) is 7.96. The van der Waals surface area contributed by atoms with Crippen LogP contribution < -0.4 is 4.90 Å². The monoisotopic (exact) mass is 639 g/mol. The second-order valence-electron chi connectivity index (χ2n) is 13.8. The van der Waals surface area contributed by atoms with Crippen molar-refractivity contribution in [2.24, 2.45) is 0 Å². The molecule has 50 heavy (non-hydrogen) atoms. The fraction of sp³-hybridized carbons (Fsp3) is 0.0612. The van der Waals surface area contributed by atoms with Gasteiger partial charge >= 0.3 is 0 Å². The molecular weight excluding hydrogens is 603 g/mol. The molecule has 0 aromatic heterocycles. The Kier molecular flexibility index (Phi) is 7.21. The lowest BCUT2D eigenvalue weighted by Gasteiger charge is -2.30. The topological polar surface area (TPSA) is 3.24 Å². The lowest BCUT2D eigenvalue weighted by atomic mass is 9.82. The van der Waals surface area contributed by atoms with E-state index >= 15 is 0 Å². The van der Waals surface area contributed by atoms with Gasteiger partial charge in [-0.25, -0.2) is 0 Å². The van der Waals surface area contributed by atoms with Crippen molar-refractivity contribution in [1.29, 1.82) is 0 Å². The molecule has 1 heteroatoms. The summed E-state index contributed by atoms with van der Waals surface area (Å²) in [4.78, 5) is 2.46. The van der Waals surface area contributed by atoms with Gasteiger partial charge in [-0.1, -0.05) is 166 Å². The van der Waals surface area contributed by atoms with E-state index in [1.54, 1.807) is 0 Å². The van der Waals surface area contributed by atoms with Crippen LogP contribution in [0.1, 0.15) is 25.0 Å². The molecule has 1 aliphatic carbocycles. The molecule has 1 aliphatic rings. The summed E-state index contributed by atoms with van der Waals surface area (Å²) >= 11 is 0. The van der Waals surface area contributed by atoms with Crippen LogP contribution in [0.4, 0.5) is 17.1 Å². The highest BCUT2D eigenvalue weighted by Gasteiger charge is 2.35. The zero-order valence-electron chi connectivity index (χ0n) is 28.3. The van der Waals surface area contributed by atoms with Gasteiger partial charge in [0.05, 0.1) is 0 Å². The molecule has 0 saturated heterocycles. The molecule has 0 fully saturated rings. The first-order chi connectivity index (χ1) is 24.6. The summed E-state index contributed by atoms with van der Waals surface area (Å²) in [7, 11) is 0. The average molecular weight is 640 g/mol. The molecule has 0 heterocycles. The van der Waals surface area contributed by atoms with Crippen molar-refractivity contribution in [3.8, 4) is 44.5 Å². The summed E-state index contributed by atoms with van der Waals surface area (Å²) in [5, 5.41) is 2.46. The molecule has 0 spiro atoms. The van der Waals surface area contributed by atoms with Gasteiger partial charge in [0.25, 0.3) is 0 Å². The van der Waals surface area contributed by atoms with Gasteiger partial charge in [-0.15, -0.1) is 0 Å². The van der Waals surface area contributed by atoms with Gasteiger partial charge in [0, 0.05) is 22.5 Å². The quantitative estimate of drug-likeness (QED) is 0.175. The molecule has 0 N–H and O–H groups in total. The van der Waals surface area contributed by atoms with E-state index in [2.05, 4.69) is 207 Å². The number of hydrogen-bond donors (Lipinski definition) is 0. The van der Waals surface area contributed by atoms with Gasteiger partial charge in [-0.2, -0.15) is 0 Å². The third kappa shape index (κ3) is 5.02. The maximum atomic E-state index is 2.46. The highest BCUT2D eigenvalue weighted by atomic mass is 15.1. The van der Waals surface area contributed by atoms with E-state index in [-0.39, 0.29) is 5.41 Å². The molecule has 0 radical (unpaired) electrons.